The Balaban J connectivity index is 1.74. The molecule has 106 valence electrons. The van der Waals surface area contributed by atoms with E-state index in [-0.39, 0.29) is 5.91 Å². The third-order valence-corrected chi connectivity index (χ3v) is 3.49. The molecule has 1 aliphatic rings. The number of esters is 1. The first-order chi connectivity index (χ1) is 10.2. The molecule has 0 spiro atoms. The van der Waals surface area contributed by atoms with Gasteiger partial charge in [0.25, 0.3) is 5.91 Å². The van der Waals surface area contributed by atoms with E-state index in [1.807, 2.05) is 24.3 Å². The maximum atomic E-state index is 12.2. The van der Waals surface area contributed by atoms with Crippen molar-refractivity contribution in [1.29, 1.82) is 0 Å². The van der Waals surface area contributed by atoms with E-state index in [2.05, 4.69) is 9.72 Å². The van der Waals surface area contributed by atoms with Gasteiger partial charge in [-0.15, -0.1) is 0 Å². The number of ether oxygens (including phenoxy) is 1. The second-order valence-electron chi connectivity index (χ2n) is 4.85. The lowest BCUT2D eigenvalue weighted by Crippen LogP contribution is -2.23. The highest BCUT2D eigenvalue weighted by Crippen LogP contribution is 2.23. The second kappa shape index (κ2) is 5.36. The van der Waals surface area contributed by atoms with Crippen LogP contribution in [0.2, 0.25) is 0 Å². The fourth-order valence-corrected chi connectivity index (χ4v) is 2.39. The Bertz CT molecular complexity index is 695. The van der Waals surface area contributed by atoms with Crippen molar-refractivity contribution in [3.63, 3.8) is 0 Å². The van der Waals surface area contributed by atoms with E-state index in [1.165, 1.54) is 13.3 Å². The van der Waals surface area contributed by atoms with Crippen LogP contribution in [0.25, 0.3) is 0 Å². The number of benzene rings is 1. The molecule has 0 unspecified atom stereocenters. The zero-order chi connectivity index (χ0) is 14.8. The van der Waals surface area contributed by atoms with Crippen LogP contribution in [0.4, 0.5) is 0 Å². The summed E-state index contributed by atoms with van der Waals surface area (Å²) in [6.45, 7) is 1.02. The first-order valence-electron chi connectivity index (χ1n) is 6.59. The Morgan fingerprint density at radius 2 is 2.10 bits per heavy atom. The smallest absolute Gasteiger partial charge is 0.339 e. The van der Waals surface area contributed by atoms with Crippen LogP contribution in [0.5, 0.6) is 0 Å². The summed E-state index contributed by atoms with van der Waals surface area (Å²) in [5, 5.41) is 0. The molecule has 21 heavy (non-hydrogen) atoms. The van der Waals surface area contributed by atoms with Crippen molar-refractivity contribution < 1.29 is 14.3 Å². The van der Waals surface area contributed by atoms with Crippen LogP contribution >= 0.6 is 0 Å². The minimum Gasteiger partial charge on any atom is -0.465 e. The van der Waals surface area contributed by atoms with Crippen molar-refractivity contribution in [3.8, 4) is 0 Å². The molecule has 0 bridgehead atoms. The Kier molecular flexibility index (Phi) is 3.39. The molecule has 0 N–H and O–H groups in total. The van der Waals surface area contributed by atoms with E-state index < -0.39 is 5.97 Å². The van der Waals surface area contributed by atoms with Crippen LogP contribution in [0.1, 0.15) is 32.0 Å². The lowest BCUT2D eigenvalue weighted by Gasteiger charge is -2.15. The SMILES string of the molecule is COC(=O)c1ccc(CN2Cc3ccccc3C2=O)nc1. The van der Waals surface area contributed by atoms with E-state index in [4.69, 9.17) is 0 Å². The topological polar surface area (TPSA) is 59.5 Å². The van der Waals surface area contributed by atoms with Crippen LogP contribution in [-0.2, 0) is 17.8 Å². The van der Waals surface area contributed by atoms with E-state index in [0.717, 1.165) is 16.8 Å². The molecule has 2 heterocycles. The average molecular weight is 282 g/mol. The van der Waals surface area contributed by atoms with Gasteiger partial charge in [-0.1, -0.05) is 18.2 Å². The van der Waals surface area contributed by atoms with Gasteiger partial charge in [0.05, 0.1) is 24.9 Å². The molecule has 2 aromatic rings. The van der Waals surface area contributed by atoms with Crippen molar-refractivity contribution in [2.45, 2.75) is 13.1 Å². The molecule has 0 radical (unpaired) electrons. The van der Waals surface area contributed by atoms with Gasteiger partial charge in [-0.05, 0) is 23.8 Å². The maximum absolute atomic E-state index is 12.2. The highest BCUT2D eigenvalue weighted by Gasteiger charge is 2.26. The zero-order valence-corrected chi connectivity index (χ0v) is 11.6. The number of hydrogen-bond acceptors (Lipinski definition) is 4. The Hall–Kier alpha value is -2.69. The lowest BCUT2D eigenvalue weighted by atomic mass is 10.1. The molecule has 1 aromatic heterocycles. The Morgan fingerprint density at radius 3 is 2.76 bits per heavy atom. The van der Waals surface area contributed by atoms with Gasteiger partial charge in [-0.25, -0.2) is 4.79 Å². The van der Waals surface area contributed by atoms with Gasteiger partial charge in [-0.2, -0.15) is 0 Å². The minimum absolute atomic E-state index is 0.0180. The van der Waals surface area contributed by atoms with Gasteiger partial charge in [0, 0.05) is 18.3 Å². The molecule has 0 saturated carbocycles. The molecule has 0 fully saturated rings. The first-order valence-corrected chi connectivity index (χ1v) is 6.59. The third kappa shape index (κ3) is 2.50. The highest BCUT2D eigenvalue weighted by molar-refractivity contribution is 5.98. The Morgan fingerprint density at radius 1 is 1.29 bits per heavy atom. The van der Waals surface area contributed by atoms with Crippen LogP contribution in [0, 0.1) is 0 Å². The fraction of sp³-hybridized carbons (Fsp3) is 0.188. The summed E-state index contributed by atoms with van der Waals surface area (Å²) in [4.78, 5) is 29.5. The average Bonchev–Trinajstić information content (AvgIpc) is 2.84. The van der Waals surface area contributed by atoms with Crippen LogP contribution in [0.15, 0.2) is 42.6 Å². The number of methoxy groups -OCH3 is 1. The van der Waals surface area contributed by atoms with Crippen molar-refractivity contribution >= 4 is 11.9 Å². The molecule has 0 aliphatic carbocycles. The number of hydrogen-bond donors (Lipinski definition) is 0. The quantitative estimate of drug-likeness (QED) is 0.808. The molecular formula is C16H14N2O3. The van der Waals surface area contributed by atoms with Gasteiger partial charge < -0.3 is 9.64 Å². The van der Waals surface area contributed by atoms with Gasteiger partial charge >= 0.3 is 5.97 Å². The van der Waals surface area contributed by atoms with Crippen LogP contribution in [0.3, 0.4) is 0 Å². The molecule has 0 saturated heterocycles. The van der Waals surface area contributed by atoms with Gasteiger partial charge in [0.1, 0.15) is 0 Å². The molecular weight excluding hydrogens is 268 g/mol. The normalized spacial score (nSPS) is 13.2. The standard InChI is InChI=1S/C16H14N2O3/c1-21-16(20)11-6-7-13(17-8-11)10-18-9-12-4-2-3-5-14(12)15(18)19/h2-8H,9-10H2,1H3. The number of rotatable bonds is 3. The lowest BCUT2D eigenvalue weighted by molar-refractivity contribution is 0.0599. The van der Waals surface area contributed by atoms with Crippen LogP contribution in [-0.4, -0.2) is 28.9 Å². The summed E-state index contributed by atoms with van der Waals surface area (Å²) in [5.41, 5.74) is 2.93. The van der Waals surface area contributed by atoms with Crippen molar-refractivity contribution in [3.05, 3.63) is 65.0 Å². The number of carbonyl (C=O) groups is 2. The predicted octanol–water partition coefficient (Wildman–Crippen LogP) is 2.02. The maximum Gasteiger partial charge on any atom is 0.339 e. The van der Waals surface area contributed by atoms with E-state index in [9.17, 15) is 9.59 Å². The number of nitrogens with zero attached hydrogens (tertiary/aromatic N) is 2. The van der Waals surface area contributed by atoms with E-state index in [0.29, 0.717) is 18.7 Å². The summed E-state index contributed by atoms with van der Waals surface area (Å²) in [6, 6.07) is 11.0. The Labute approximate surface area is 122 Å². The summed E-state index contributed by atoms with van der Waals surface area (Å²) in [7, 11) is 1.33. The first kappa shape index (κ1) is 13.3. The molecule has 1 amide bonds. The predicted molar refractivity (Wildman–Crippen MR) is 75.6 cm³/mol. The van der Waals surface area contributed by atoms with Crippen molar-refractivity contribution in [2.75, 3.05) is 7.11 Å². The van der Waals surface area contributed by atoms with E-state index >= 15 is 0 Å². The third-order valence-electron chi connectivity index (χ3n) is 3.49. The van der Waals surface area contributed by atoms with Gasteiger partial charge in [0.2, 0.25) is 0 Å². The second-order valence-corrected chi connectivity index (χ2v) is 4.85. The number of amides is 1. The fourth-order valence-electron chi connectivity index (χ4n) is 2.39. The highest BCUT2D eigenvalue weighted by atomic mass is 16.5. The summed E-state index contributed by atoms with van der Waals surface area (Å²) in [5.74, 6) is -0.400. The summed E-state index contributed by atoms with van der Waals surface area (Å²) in [6.07, 6.45) is 1.47. The largest absolute Gasteiger partial charge is 0.465 e. The van der Waals surface area contributed by atoms with E-state index in [1.54, 1.807) is 17.0 Å². The minimum atomic E-state index is -0.418. The molecule has 0 atom stereocenters. The molecule has 5 nitrogen and oxygen atoms in total. The van der Waals surface area contributed by atoms with Crippen molar-refractivity contribution in [2.24, 2.45) is 0 Å². The monoisotopic (exact) mass is 282 g/mol. The van der Waals surface area contributed by atoms with Gasteiger partial charge in [0.15, 0.2) is 0 Å². The molecule has 5 heteroatoms. The molecule has 1 aromatic carbocycles. The molecule has 3 rings (SSSR count). The number of aromatic nitrogens is 1. The summed E-state index contributed by atoms with van der Waals surface area (Å²) < 4.78 is 4.63. The van der Waals surface area contributed by atoms with Gasteiger partial charge in [-0.3, -0.25) is 9.78 Å². The summed E-state index contributed by atoms with van der Waals surface area (Å²) >= 11 is 0. The number of carbonyl (C=O) groups excluding carboxylic acids is 2. The van der Waals surface area contributed by atoms with Crippen molar-refractivity contribution in [1.82, 2.24) is 9.88 Å². The number of pyridine rings is 1. The zero-order valence-electron chi connectivity index (χ0n) is 11.6. The molecule has 1 aliphatic heterocycles. The van der Waals surface area contributed by atoms with Crippen LogP contribution < -0.4 is 0 Å². The number of fused-ring (bicyclic) bond motifs is 1.